The topological polar surface area (TPSA) is 20.3 Å². The van der Waals surface area contributed by atoms with Crippen molar-refractivity contribution >= 4 is 5.91 Å². The molecule has 2 aromatic rings. The van der Waals surface area contributed by atoms with Crippen LogP contribution >= 0.6 is 0 Å². The monoisotopic (exact) mass is 237 g/mol. The third-order valence-electron chi connectivity index (χ3n) is 3.53. The Morgan fingerprint density at radius 1 is 1.00 bits per heavy atom. The number of likely N-dealkylation sites (N-methyl/N-ethyl adjacent to an activating group) is 1. The molecular formula is C16H15NO. The molecule has 1 aliphatic rings. The van der Waals surface area contributed by atoms with Gasteiger partial charge in [-0.05, 0) is 16.7 Å². The second-order valence-corrected chi connectivity index (χ2v) is 4.74. The maximum Gasteiger partial charge on any atom is 0.234 e. The molecular weight excluding hydrogens is 222 g/mol. The molecule has 0 aromatic heterocycles. The van der Waals surface area contributed by atoms with Gasteiger partial charge in [-0.15, -0.1) is 0 Å². The second kappa shape index (κ2) is 4.30. The van der Waals surface area contributed by atoms with Gasteiger partial charge in [-0.1, -0.05) is 54.6 Å². The highest BCUT2D eigenvalue weighted by Gasteiger charge is 2.31. The lowest BCUT2D eigenvalue weighted by molar-refractivity contribution is -0.131. The number of carbonyl (C=O) groups is 1. The molecule has 0 spiro atoms. The van der Waals surface area contributed by atoms with Crippen LogP contribution in [0, 0.1) is 0 Å². The lowest BCUT2D eigenvalue weighted by atomic mass is 9.84. The predicted molar refractivity (Wildman–Crippen MR) is 71.2 cm³/mol. The molecule has 0 bridgehead atoms. The standard InChI is InChI=1S/C16H15NO/c1-17-11-13-9-5-6-10-14(13)15(16(17)18)12-7-3-2-4-8-12/h2-10,15H,11H2,1H3/t15-/m0/s1. The van der Waals surface area contributed by atoms with Crippen molar-refractivity contribution in [1.82, 2.24) is 4.90 Å². The number of fused-ring (bicyclic) bond motifs is 1. The minimum atomic E-state index is -0.152. The van der Waals surface area contributed by atoms with E-state index in [1.54, 1.807) is 4.90 Å². The summed E-state index contributed by atoms with van der Waals surface area (Å²) in [5.74, 6) is 0.0288. The van der Waals surface area contributed by atoms with Gasteiger partial charge in [0.15, 0.2) is 0 Å². The minimum Gasteiger partial charge on any atom is -0.341 e. The maximum atomic E-state index is 12.4. The number of amides is 1. The summed E-state index contributed by atoms with van der Waals surface area (Å²) in [6.07, 6.45) is 0. The van der Waals surface area contributed by atoms with E-state index >= 15 is 0 Å². The van der Waals surface area contributed by atoms with Crippen molar-refractivity contribution in [2.24, 2.45) is 0 Å². The molecule has 2 heteroatoms. The first-order valence-electron chi connectivity index (χ1n) is 6.15. The molecule has 1 heterocycles. The molecule has 3 rings (SSSR count). The van der Waals surface area contributed by atoms with Crippen molar-refractivity contribution < 1.29 is 4.79 Å². The van der Waals surface area contributed by atoms with Crippen LogP contribution in [0.3, 0.4) is 0 Å². The number of hydrogen-bond acceptors (Lipinski definition) is 1. The molecule has 90 valence electrons. The van der Waals surface area contributed by atoms with Crippen LogP contribution in [0.4, 0.5) is 0 Å². The first kappa shape index (κ1) is 11.0. The second-order valence-electron chi connectivity index (χ2n) is 4.74. The van der Waals surface area contributed by atoms with Gasteiger partial charge in [0.1, 0.15) is 0 Å². The van der Waals surface area contributed by atoms with Crippen molar-refractivity contribution in [2.45, 2.75) is 12.5 Å². The Morgan fingerprint density at radius 3 is 2.44 bits per heavy atom. The fourth-order valence-corrected chi connectivity index (χ4v) is 2.61. The summed E-state index contributed by atoms with van der Waals surface area (Å²) in [6, 6.07) is 18.2. The molecule has 0 unspecified atom stereocenters. The zero-order valence-electron chi connectivity index (χ0n) is 10.3. The average Bonchev–Trinajstić information content (AvgIpc) is 2.41. The van der Waals surface area contributed by atoms with Crippen molar-refractivity contribution in [3.8, 4) is 0 Å². The van der Waals surface area contributed by atoms with Crippen LogP contribution in [-0.2, 0) is 11.3 Å². The van der Waals surface area contributed by atoms with Crippen molar-refractivity contribution in [3.05, 3.63) is 71.3 Å². The van der Waals surface area contributed by atoms with Crippen LogP contribution in [0.1, 0.15) is 22.6 Å². The van der Waals surface area contributed by atoms with E-state index in [4.69, 9.17) is 0 Å². The van der Waals surface area contributed by atoms with Crippen LogP contribution in [0.5, 0.6) is 0 Å². The van der Waals surface area contributed by atoms with Gasteiger partial charge >= 0.3 is 0 Å². The molecule has 0 radical (unpaired) electrons. The van der Waals surface area contributed by atoms with E-state index in [9.17, 15) is 4.79 Å². The summed E-state index contributed by atoms with van der Waals surface area (Å²) in [5.41, 5.74) is 3.46. The number of benzene rings is 2. The van der Waals surface area contributed by atoms with Crippen LogP contribution < -0.4 is 0 Å². The first-order chi connectivity index (χ1) is 8.77. The van der Waals surface area contributed by atoms with E-state index < -0.39 is 0 Å². The van der Waals surface area contributed by atoms with Crippen molar-refractivity contribution in [2.75, 3.05) is 7.05 Å². The van der Waals surface area contributed by atoms with Gasteiger partial charge in [-0.3, -0.25) is 4.79 Å². The first-order valence-corrected chi connectivity index (χ1v) is 6.15. The molecule has 0 saturated heterocycles. The van der Waals surface area contributed by atoms with E-state index in [0.717, 1.165) is 11.1 Å². The Balaban J connectivity index is 2.15. The lowest BCUT2D eigenvalue weighted by Gasteiger charge is -2.31. The van der Waals surface area contributed by atoms with E-state index in [2.05, 4.69) is 12.1 Å². The molecule has 18 heavy (non-hydrogen) atoms. The van der Waals surface area contributed by atoms with E-state index in [1.807, 2.05) is 49.5 Å². The molecule has 0 aliphatic carbocycles. The van der Waals surface area contributed by atoms with Gasteiger partial charge in [0, 0.05) is 13.6 Å². The highest BCUT2D eigenvalue weighted by atomic mass is 16.2. The predicted octanol–water partition coefficient (Wildman–Crippen LogP) is 2.79. The quantitative estimate of drug-likeness (QED) is 0.747. The van der Waals surface area contributed by atoms with Crippen LogP contribution in [0.25, 0.3) is 0 Å². The summed E-state index contributed by atoms with van der Waals surface area (Å²) in [7, 11) is 1.87. The summed E-state index contributed by atoms with van der Waals surface area (Å²) in [5, 5.41) is 0. The highest BCUT2D eigenvalue weighted by molar-refractivity contribution is 5.89. The third kappa shape index (κ3) is 1.70. The van der Waals surface area contributed by atoms with E-state index in [0.29, 0.717) is 6.54 Å². The van der Waals surface area contributed by atoms with Gasteiger partial charge in [0.2, 0.25) is 5.91 Å². The third-order valence-corrected chi connectivity index (χ3v) is 3.53. The van der Waals surface area contributed by atoms with Crippen LogP contribution in [0.15, 0.2) is 54.6 Å². The Labute approximate surface area is 107 Å². The lowest BCUT2D eigenvalue weighted by Crippen LogP contribution is -2.36. The van der Waals surface area contributed by atoms with Gasteiger partial charge in [-0.2, -0.15) is 0 Å². The summed E-state index contributed by atoms with van der Waals surface area (Å²) >= 11 is 0. The van der Waals surface area contributed by atoms with Gasteiger partial charge < -0.3 is 4.90 Å². The Hall–Kier alpha value is -2.09. The summed E-state index contributed by atoms with van der Waals surface area (Å²) in [4.78, 5) is 14.2. The minimum absolute atomic E-state index is 0.152. The van der Waals surface area contributed by atoms with Gasteiger partial charge in [0.25, 0.3) is 0 Å². The molecule has 1 atom stereocenters. The van der Waals surface area contributed by atoms with Gasteiger partial charge in [0.05, 0.1) is 5.92 Å². The van der Waals surface area contributed by atoms with E-state index in [1.165, 1.54) is 5.56 Å². The normalized spacial score (nSPS) is 18.6. The molecule has 0 saturated carbocycles. The Morgan fingerprint density at radius 2 is 1.67 bits per heavy atom. The average molecular weight is 237 g/mol. The Kier molecular flexibility index (Phi) is 2.63. The highest BCUT2D eigenvalue weighted by Crippen LogP contribution is 2.33. The molecule has 2 aromatic carbocycles. The van der Waals surface area contributed by atoms with Crippen molar-refractivity contribution in [1.29, 1.82) is 0 Å². The molecule has 2 nitrogen and oxygen atoms in total. The maximum absolute atomic E-state index is 12.4. The van der Waals surface area contributed by atoms with E-state index in [-0.39, 0.29) is 11.8 Å². The number of carbonyl (C=O) groups excluding carboxylic acids is 1. The summed E-state index contributed by atoms with van der Waals surface area (Å²) in [6.45, 7) is 0.707. The number of nitrogens with zero attached hydrogens (tertiary/aromatic N) is 1. The van der Waals surface area contributed by atoms with Crippen LogP contribution in [-0.4, -0.2) is 17.9 Å². The fourth-order valence-electron chi connectivity index (χ4n) is 2.61. The largest absolute Gasteiger partial charge is 0.341 e. The molecule has 1 aliphatic heterocycles. The van der Waals surface area contributed by atoms with Crippen LogP contribution in [0.2, 0.25) is 0 Å². The SMILES string of the molecule is CN1Cc2ccccc2[C@H](c2ccccc2)C1=O. The van der Waals surface area contributed by atoms with Crippen molar-refractivity contribution in [3.63, 3.8) is 0 Å². The zero-order chi connectivity index (χ0) is 12.5. The number of hydrogen-bond donors (Lipinski definition) is 0. The smallest absolute Gasteiger partial charge is 0.234 e. The molecule has 0 fully saturated rings. The summed E-state index contributed by atoms with van der Waals surface area (Å²) < 4.78 is 0. The zero-order valence-corrected chi connectivity index (χ0v) is 10.3. The van der Waals surface area contributed by atoms with Gasteiger partial charge in [-0.25, -0.2) is 0 Å². The fraction of sp³-hybridized carbons (Fsp3) is 0.188. The molecule has 1 amide bonds. The Bertz CT molecular complexity index is 577. The molecule has 0 N–H and O–H groups in total. The number of rotatable bonds is 1.